The summed E-state index contributed by atoms with van der Waals surface area (Å²) in [6.07, 6.45) is 48.6. The van der Waals surface area contributed by atoms with Crippen LogP contribution in [-0.2, 0) is 38.1 Å². The summed E-state index contributed by atoms with van der Waals surface area (Å²) < 4.78 is 27.8. The monoisotopic (exact) mass is 1190 g/mol. The van der Waals surface area contributed by atoms with Gasteiger partial charge >= 0.3 is 30.1 Å². The van der Waals surface area contributed by atoms with Crippen molar-refractivity contribution in [2.24, 2.45) is 0 Å². The number of allylic oxidation sites excluding steroid dienone is 3. The van der Waals surface area contributed by atoms with E-state index in [9.17, 15) is 34.2 Å². The highest BCUT2D eigenvalue weighted by atomic mass is 16.6. The summed E-state index contributed by atoms with van der Waals surface area (Å²) in [4.78, 5) is 63.9. The fourth-order valence-corrected chi connectivity index (χ4v) is 9.59. The fraction of sp³-hybridized carbons (Fsp3) is 0.729. The summed E-state index contributed by atoms with van der Waals surface area (Å²) in [5, 5.41) is 34.7. The van der Waals surface area contributed by atoms with Gasteiger partial charge in [0, 0.05) is 37.1 Å². The molecule has 0 saturated carbocycles. The maximum Gasteiger partial charge on any atom is 0.411 e. The van der Waals surface area contributed by atoms with Gasteiger partial charge in [-0.1, -0.05) is 198 Å². The highest BCUT2D eigenvalue weighted by molar-refractivity contribution is 5.89. The van der Waals surface area contributed by atoms with Crippen LogP contribution in [-0.4, -0.2) is 96.3 Å². The molecule has 0 aliphatic heterocycles. The third kappa shape index (κ3) is 49.8. The molecule has 2 amide bonds. The van der Waals surface area contributed by atoms with Crippen LogP contribution in [0, 0.1) is 6.92 Å². The topological polar surface area (TPSA) is 216 Å². The van der Waals surface area contributed by atoms with Crippen molar-refractivity contribution < 1.29 is 63.0 Å². The number of benzene rings is 1. The molecular formula is C70H118N2O13. The summed E-state index contributed by atoms with van der Waals surface area (Å²) in [5.74, 6) is -1.14. The van der Waals surface area contributed by atoms with E-state index < -0.39 is 24.3 Å². The Labute approximate surface area is 514 Å². The number of amides is 2. The van der Waals surface area contributed by atoms with E-state index in [2.05, 4.69) is 67.9 Å². The van der Waals surface area contributed by atoms with Crippen LogP contribution in [0.2, 0.25) is 0 Å². The number of aryl methyl sites for hydroxylation is 1. The van der Waals surface area contributed by atoms with Crippen LogP contribution in [0.5, 0.6) is 0 Å². The standard InChI is InChI=1S/C70H118N2O13/c1-5-8-11-32-43-61(74)45-34-26-20-14-17-23-29-38-49-66(76)82-57-64(84-68(78)51-40-31-25-18-15-21-27-35-46-62(75)44-33-12-9-6-2)58-83-67(77)50-39-30-24-19-16-22-28-37-48-63(47-36-13-10-7-3)85-70(80)71-60-53-52-59(4)65(56-60)72-69(79)81-55-42-41-54-73/h26-28,34-35,37,41-42,52-53,56,61-64,73-75H,5-25,29-33,36,38-40,43-51,54-55,57-58H2,1-4H3,(H,71,80)(H,72,79)/b34-26-,35-27+,37-28-,42-41?. The third-order valence-corrected chi connectivity index (χ3v) is 14.9. The molecule has 0 bridgehead atoms. The average molecular weight is 1200 g/mol. The zero-order chi connectivity index (χ0) is 62.1. The van der Waals surface area contributed by atoms with Crippen molar-refractivity contribution in [1.82, 2.24) is 0 Å². The van der Waals surface area contributed by atoms with Crippen molar-refractivity contribution in [2.45, 2.75) is 303 Å². The maximum atomic E-state index is 13.0. The molecule has 85 heavy (non-hydrogen) atoms. The van der Waals surface area contributed by atoms with Crippen molar-refractivity contribution in [3.8, 4) is 0 Å². The van der Waals surface area contributed by atoms with Crippen molar-refractivity contribution in [1.29, 1.82) is 0 Å². The van der Waals surface area contributed by atoms with E-state index >= 15 is 0 Å². The minimum atomic E-state index is -0.881. The van der Waals surface area contributed by atoms with Gasteiger partial charge < -0.3 is 39.0 Å². The lowest BCUT2D eigenvalue weighted by molar-refractivity contribution is -0.167. The summed E-state index contributed by atoms with van der Waals surface area (Å²) in [5.41, 5.74) is 1.75. The molecule has 0 aliphatic carbocycles. The second-order valence-corrected chi connectivity index (χ2v) is 22.9. The SMILES string of the molecule is CCCCCCC(O)C/C=C\CCCCCCCC(=O)OCC(COC(=O)CCCCCCC/C=C\CC(CCCCCC)OC(=O)Nc1ccc(C)c(NC(=O)OCC=CCO)c1)OC(=O)CCCCCCC/C=C/CC(O)CCCCCC. The number of aliphatic hydroxyl groups excluding tert-OH is 3. The summed E-state index contributed by atoms with van der Waals surface area (Å²) >= 11 is 0. The van der Waals surface area contributed by atoms with Gasteiger partial charge in [0.05, 0.1) is 18.8 Å². The first-order chi connectivity index (χ1) is 41.4. The molecule has 0 saturated heterocycles. The molecule has 0 spiro atoms. The Morgan fingerprint density at radius 2 is 0.894 bits per heavy atom. The van der Waals surface area contributed by atoms with E-state index in [1.165, 1.54) is 44.6 Å². The Morgan fingerprint density at radius 3 is 1.39 bits per heavy atom. The number of nitrogens with one attached hydrogen (secondary N) is 2. The predicted molar refractivity (Wildman–Crippen MR) is 345 cm³/mol. The van der Waals surface area contributed by atoms with E-state index in [1.54, 1.807) is 24.3 Å². The number of carbonyl (C=O) groups excluding carboxylic acids is 5. The molecule has 486 valence electrons. The van der Waals surface area contributed by atoms with Gasteiger partial charge in [0.25, 0.3) is 0 Å². The Bertz CT molecular complexity index is 1950. The number of rotatable bonds is 56. The van der Waals surface area contributed by atoms with Crippen LogP contribution >= 0.6 is 0 Å². The number of anilines is 2. The van der Waals surface area contributed by atoms with Gasteiger partial charge in [-0.2, -0.15) is 0 Å². The summed E-state index contributed by atoms with van der Waals surface area (Å²) in [7, 11) is 0. The zero-order valence-corrected chi connectivity index (χ0v) is 53.5. The van der Waals surface area contributed by atoms with Gasteiger partial charge in [0.15, 0.2) is 6.10 Å². The number of unbranched alkanes of at least 4 members (excludes halogenated alkanes) is 24. The Kier molecular flexibility index (Phi) is 52.1. The normalized spacial score (nSPS) is 13.1. The molecule has 5 N–H and O–H groups in total. The van der Waals surface area contributed by atoms with E-state index in [-0.39, 0.29) is 75.9 Å². The number of carbonyl (C=O) groups is 5. The van der Waals surface area contributed by atoms with Gasteiger partial charge in [-0.25, -0.2) is 9.59 Å². The second-order valence-electron chi connectivity index (χ2n) is 22.9. The predicted octanol–water partition coefficient (Wildman–Crippen LogP) is 17.7. The molecule has 1 aromatic rings. The Morgan fingerprint density at radius 1 is 0.447 bits per heavy atom. The number of ether oxygens (including phenoxy) is 5. The number of esters is 3. The largest absolute Gasteiger partial charge is 0.462 e. The van der Waals surface area contributed by atoms with E-state index in [0.717, 1.165) is 160 Å². The third-order valence-electron chi connectivity index (χ3n) is 14.9. The number of hydrogen-bond donors (Lipinski definition) is 5. The van der Waals surface area contributed by atoms with Crippen LogP contribution < -0.4 is 10.6 Å². The molecule has 1 rings (SSSR count). The molecule has 1 aromatic carbocycles. The van der Waals surface area contributed by atoms with Crippen LogP contribution in [0.1, 0.15) is 277 Å². The maximum absolute atomic E-state index is 13.0. The van der Waals surface area contributed by atoms with Gasteiger partial charge in [-0.05, 0) is 127 Å². The lowest BCUT2D eigenvalue weighted by Crippen LogP contribution is -2.30. The van der Waals surface area contributed by atoms with E-state index in [4.69, 9.17) is 28.8 Å². The lowest BCUT2D eigenvalue weighted by Gasteiger charge is -2.18. The molecule has 15 nitrogen and oxygen atoms in total. The van der Waals surface area contributed by atoms with Crippen molar-refractivity contribution in [3.63, 3.8) is 0 Å². The average Bonchev–Trinajstić information content (AvgIpc) is 3.61. The molecule has 15 heteroatoms. The Hall–Kier alpha value is -4.99. The second kappa shape index (κ2) is 56.8. The Balaban J connectivity index is 2.54. The van der Waals surface area contributed by atoms with E-state index in [0.29, 0.717) is 49.9 Å². The molecule has 0 fully saturated rings. The van der Waals surface area contributed by atoms with Crippen LogP contribution in [0.25, 0.3) is 0 Å². The summed E-state index contributed by atoms with van der Waals surface area (Å²) in [6, 6.07) is 5.18. The fourth-order valence-electron chi connectivity index (χ4n) is 9.59. The van der Waals surface area contributed by atoms with Crippen LogP contribution in [0.3, 0.4) is 0 Å². The lowest BCUT2D eigenvalue weighted by atomic mass is 10.1. The van der Waals surface area contributed by atoms with Gasteiger partial charge in [-0.3, -0.25) is 25.0 Å². The van der Waals surface area contributed by atoms with Crippen molar-refractivity contribution in [2.75, 3.05) is 37.1 Å². The molecule has 4 atom stereocenters. The minimum absolute atomic E-state index is 0.0178. The highest BCUT2D eigenvalue weighted by Crippen LogP contribution is 2.23. The van der Waals surface area contributed by atoms with Crippen molar-refractivity contribution in [3.05, 3.63) is 72.4 Å². The summed E-state index contributed by atoms with van der Waals surface area (Å²) in [6.45, 7) is 7.91. The molecule has 4 unspecified atom stereocenters. The number of aliphatic hydroxyl groups is 3. The first-order valence-corrected chi connectivity index (χ1v) is 33.5. The first-order valence-electron chi connectivity index (χ1n) is 33.5. The smallest absolute Gasteiger partial charge is 0.411 e. The quantitative estimate of drug-likeness (QED) is 0.0178. The van der Waals surface area contributed by atoms with Gasteiger partial charge in [0.1, 0.15) is 25.9 Å². The molecule has 0 aliphatic rings. The van der Waals surface area contributed by atoms with Gasteiger partial charge in [0.2, 0.25) is 0 Å². The molecule has 0 aromatic heterocycles. The van der Waals surface area contributed by atoms with Crippen LogP contribution in [0.15, 0.2) is 66.8 Å². The van der Waals surface area contributed by atoms with Crippen LogP contribution in [0.4, 0.5) is 21.0 Å². The molecular weight excluding hydrogens is 1080 g/mol. The highest BCUT2D eigenvalue weighted by Gasteiger charge is 2.20. The van der Waals surface area contributed by atoms with Gasteiger partial charge in [-0.15, -0.1) is 0 Å². The first kappa shape index (κ1) is 78.0. The molecule has 0 radical (unpaired) electrons. The van der Waals surface area contributed by atoms with E-state index in [1.807, 2.05) is 6.92 Å². The minimum Gasteiger partial charge on any atom is -0.462 e. The molecule has 0 heterocycles. The van der Waals surface area contributed by atoms with Crippen molar-refractivity contribution >= 4 is 41.5 Å². The number of hydrogen-bond acceptors (Lipinski definition) is 13. The zero-order valence-electron chi connectivity index (χ0n) is 53.5.